The molecule has 0 fully saturated rings. The molecule has 5 unspecified atom stereocenters. The number of benzene rings is 1. The number of carbonyl (C=O) groups excluding carboxylic acids is 4. The fraction of sp³-hybridized carbons (Fsp3) is 0.600. The van der Waals surface area contributed by atoms with Crippen LogP contribution in [-0.2, 0) is 44.9 Å². The van der Waals surface area contributed by atoms with Gasteiger partial charge in [0.05, 0.1) is 36.9 Å². The Hall–Kier alpha value is -5.88. The molecule has 5 atom stereocenters. The van der Waals surface area contributed by atoms with Gasteiger partial charge < -0.3 is 40.8 Å². The van der Waals surface area contributed by atoms with E-state index in [0.717, 1.165) is 31.0 Å². The molecule has 0 aliphatic heterocycles. The standard InChI is InChI=1S/C50H72N8O13S3/c1-9-10-11-12-13-14-15-16-17-30(4)73-48(72)74-50(7,46(69)70-8)26-33(24-32(41(62)53-29(2)3)25-49(5,6)45(67)68)44(66)71-58-47-56-39-38(42(63)57-47)54-35(28-52-39)27-51-34-20-18-31(19-21-34)40(61)55-36(43(64)65)22-23-37(59)60/h18-21,28-30,32-33,36,51H,9-17,22-27H2,1-8H3,(H,53,62)(H,55,61)(H,59,60)(H,64,65)(H,67,68)(H2,52,56,57,58,63). The molecule has 24 heteroatoms. The van der Waals surface area contributed by atoms with Crippen LogP contribution in [0.1, 0.15) is 154 Å². The van der Waals surface area contributed by atoms with E-state index in [1.807, 2.05) is 0 Å². The van der Waals surface area contributed by atoms with Crippen LogP contribution in [0.5, 0.6) is 0 Å². The van der Waals surface area contributed by atoms with Crippen LogP contribution >= 0.6 is 35.7 Å². The predicted octanol–water partition coefficient (Wildman–Crippen LogP) is 7.88. The first-order valence-electron chi connectivity index (χ1n) is 24.7. The van der Waals surface area contributed by atoms with Gasteiger partial charge in [-0.15, -0.1) is 11.8 Å². The van der Waals surface area contributed by atoms with Gasteiger partial charge in [-0.05, 0) is 91.0 Å². The van der Waals surface area contributed by atoms with Crippen molar-refractivity contribution in [1.29, 1.82) is 0 Å². The first-order valence-corrected chi connectivity index (χ1v) is 26.8. The molecule has 0 aliphatic rings. The molecule has 3 aromatic rings. The number of esters is 1. The zero-order valence-electron chi connectivity index (χ0n) is 43.4. The molecule has 0 aliphatic carbocycles. The van der Waals surface area contributed by atoms with Crippen molar-refractivity contribution in [3.8, 4) is 0 Å². The molecular weight excluding hydrogens is 1020 g/mol. The van der Waals surface area contributed by atoms with E-state index in [9.17, 15) is 48.6 Å². The third-order valence-electron chi connectivity index (χ3n) is 12.0. The highest BCUT2D eigenvalue weighted by Gasteiger charge is 2.44. The molecule has 2 heterocycles. The number of carboxylic acids is 3. The van der Waals surface area contributed by atoms with E-state index in [0.29, 0.717) is 14.9 Å². The van der Waals surface area contributed by atoms with Gasteiger partial charge in [0.15, 0.2) is 11.2 Å². The SMILES string of the molecule is CCCCCCCCCCC(C)SC(=S)SC(C)(CC(CC(CC(C)(C)C(=O)O)C(=O)NC(C)C)C(=O)ONc1nc2ncc(CNc3ccc(C(=O)NC(CCC(=O)O)C(=O)O)cc3)nc2c(=O)[nH]1)C(=O)OC. The van der Waals surface area contributed by atoms with Gasteiger partial charge in [0.25, 0.3) is 11.5 Å². The highest BCUT2D eigenvalue weighted by atomic mass is 32.2. The summed E-state index contributed by atoms with van der Waals surface area (Å²) in [4.78, 5) is 123. The molecule has 0 bridgehead atoms. The topological polar surface area (TPSA) is 318 Å². The number of thiocarbonyl (C=S) groups is 1. The first-order chi connectivity index (χ1) is 34.9. The Balaban J connectivity index is 1.81. The lowest BCUT2D eigenvalue weighted by Crippen LogP contribution is -2.43. The normalized spacial score (nSPS) is 13.9. The third kappa shape index (κ3) is 21.2. The molecule has 2 amide bonds. The number of aromatic nitrogens is 4. The highest BCUT2D eigenvalue weighted by Crippen LogP contribution is 2.42. The zero-order chi connectivity index (χ0) is 55.2. The van der Waals surface area contributed by atoms with Crippen molar-refractivity contribution in [2.45, 2.75) is 167 Å². The number of fused-ring (bicyclic) bond motifs is 1. The number of amides is 2. The molecule has 74 heavy (non-hydrogen) atoms. The molecule has 0 saturated heterocycles. The molecule has 3 rings (SSSR count). The summed E-state index contributed by atoms with van der Waals surface area (Å²) >= 11 is 8.34. The average Bonchev–Trinajstić information content (AvgIpc) is 3.33. The number of aromatic amines is 1. The molecule has 0 saturated carbocycles. The average molecular weight is 1090 g/mol. The maximum absolute atomic E-state index is 14.3. The summed E-state index contributed by atoms with van der Waals surface area (Å²) in [7, 11) is 1.22. The summed E-state index contributed by atoms with van der Waals surface area (Å²) < 4.78 is 4.24. The Morgan fingerprint density at radius 2 is 1.50 bits per heavy atom. The second-order valence-corrected chi connectivity index (χ2v) is 23.5. The van der Waals surface area contributed by atoms with Crippen molar-refractivity contribution in [2.75, 3.05) is 17.9 Å². The van der Waals surface area contributed by atoms with Crippen LogP contribution in [0.25, 0.3) is 11.2 Å². The number of H-pyrrole nitrogens is 1. The van der Waals surface area contributed by atoms with Crippen molar-refractivity contribution < 1.29 is 58.5 Å². The lowest BCUT2D eigenvalue weighted by atomic mass is 9.77. The quantitative estimate of drug-likeness (QED) is 0.0124. The van der Waals surface area contributed by atoms with E-state index in [2.05, 4.69) is 55.2 Å². The summed E-state index contributed by atoms with van der Waals surface area (Å²) in [5.41, 5.74) is 0.917. The fourth-order valence-electron chi connectivity index (χ4n) is 7.81. The van der Waals surface area contributed by atoms with Gasteiger partial charge in [0.2, 0.25) is 11.9 Å². The van der Waals surface area contributed by atoms with E-state index in [4.69, 9.17) is 26.9 Å². The molecule has 2 aromatic heterocycles. The second kappa shape index (κ2) is 30.5. The second-order valence-electron chi connectivity index (χ2n) is 19.4. The van der Waals surface area contributed by atoms with E-state index in [1.165, 1.54) is 89.6 Å². The van der Waals surface area contributed by atoms with Crippen molar-refractivity contribution in [2.24, 2.45) is 17.3 Å². The lowest BCUT2D eigenvalue weighted by molar-refractivity contribution is -0.150. The summed E-state index contributed by atoms with van der Waals surface area (Å²) in [5.74, 6) is -9.17. The number of ether oxygens (including phenoxy) is 1. The van der Waals surface area contributed by atoms with E-state index in [-0.39, 0.29) is 66.2 Å². The van der Waals surface area contributed by atoms with Crippen LogP contribution in [0, 0.1) is 17.3 Å². The van der Waals surface area contributed by atoms with E-state index in [1.54, 1.807) is 32.9 Å². The Labute approximate surface area is 445 Å². The Morgan fingerprint density at radius 1 is 0.851 bits per heavy atom. The number of nitrogens with zero attached hydrogens (tertiary/aromatic N) is 3. The van der Waals surface area contributed by atoms with Crippen LogP contribution < -0.4 is 27.0 Å². The molecule has 408 valence electrons. The predicted molar refractivity (Wildman–Crippen MR) is 288 cm³/mol. The number of methoxy groups -OCH3 is 1. The Bertz CT molecular complexity index is 2480. The van der Waals surface area contributed by atoms with Crippen LogP contribution in [0.4, 0.5) is 11.6 Å². The maximum atomic E-state index is 14.3. The molecule has 1 aromatic carbocycles. The molecule has 0 spiro atoms. The van der Waals surface area contributed by atoms with Crippen LogP contribution in [0.2, 0.25) is 0 Å². The van der Waals surface area contributed by atoms with Gasteiger partial charge in [-0.3, -0.25) is 33.8 Å². The summed E-state index contributed by atoms with van der Waals surface area (Å²) in [5, 5.41) is 36.7. The minimum atomic E-state index is -1.47. The number of aliphatic carboxylic acids is 3. The minimum absolute atomic E-state index is 0.0631. The van der Waals surface area contributed by atoms with Gasteiger partial charge in [-0.25, -0.2) is 19.6 Å². The van der Waals surface area contributed by atoms with Gasteiger partial charge in [0, 0.05) is 34.9 Å². The van der Waals surface area contributed by atoms with Crippen molar-refractivity contribution >= 4 is 104 Å². The molecule has 8 N–H and O–H groups in total. The Kier molecular flexibility index (Phi) is 25.7. The van der Waals surface area contributed by atoms with Gasteiger partial charge in [-0.2, -0.15) is 10.5 Å². The molecule has 21 nitrogen and oxygen atoms in total. The smallest absolute Gasteiger partial charge is 0.335 e. The van der Waals surface area contributed by atoms with Crippen molar-refractivity contribution in [1.82, 2.24) is 30.6 Å². The van der Waals surface area contributed by atoms with E-state index >= 15 is 0 Å². The minimum Gasteiger partial charge on any atom is -0.481 e. The number of carboxylic acid groups (broad SMARTS) is 3. The number of nitrogens with one attached hydrogen (secondary N) is 5. The third-order valence-corrected chi connectivity index (χ3v) is 14.8. The number of thioether (sulfide) groups is 2. The van der Waals surface area contributed by atoms with Crippen molar-refractivity contribution in [3.05, 3.63) is 52.1 Å². The number of unbranched alkanes of at least 4 members (excludes halogenated alkanes) is 7. The summed E-state index contributed by atoms with van der Waals surface area (Å²) in [6.45, 7) is 12.4. The van der Waals surface area contributed by atoms with Crippen molar-refractivity contribution in [3.63, 3.8) is 0 Å². The number of carbonyl (C=O) groups is 7. The van der Waals surface area contributed by atoms with E-state index < -0.39 is 81.7 Å². The summed E-state index contributed by atoms with van der Waals surface area (Å²) in [6.07, 6.45) is 10.4. The summed E-state index contributed by atoms with van der Waals surface area (Å²) in [6, 6.07) is 4.26. The largest absolute Gasteiger partial charge is 0.481 e. The van der Waals surface area contributed by atoms with Gasteiger partial charge >= 0.3 is 29.8 Å². The maximum Gasteiger partial charge on any atom is 0.335 e. The number of rotatable bonds is 33. The number of anilines is 2. The van der Waals surface area contributed by atoms with Crippen LogP contribution in [-0.4, -0.2) is 110 Å². The monoisotopic (exact) mass is 1090 g/mol. The van der Waals surface area contributed by atoms with Crippen LogP contribution in [0.15, 0.2) is 35.3 Å². The first kappa shape index (κ1) is 62.4. The lowest BCUT2D eigenvalue weighted by Gasteiger charge is -2.32. The zero-order valence-corrected chi connectivity index (χ0v) is 45.8. The molecule has 0 radical (unpaired) electrons. The van der Waals surface area contributed by atoms with Crippen LogP contribution in [0.3, 0.4) is 0 Å². The molecular formula is C50H72N8O13S3. The number of hydrogen-bond donors (Lipinski definition) is 8. The highest BCUT2D eigenvalue weighted by molar-refractivity contribution is 8.47. The van der Waals surface area contributed by atoms with Gasteiger partial charge in [0.1, 0.15) is 14.3 Å². The number of hydrogen-bond acceptors (Lipinski definition) is 18. The Morgan fingerprint density at radius 3 is 2.09 bits per heavy atom. The van der Waals surface area contributed by atoms with Gasteiger partial charge in [-0.1, -0.05) is 89.2 Å². The fourth-order valence-corrected chi connectivity index (χ4v) is 11.5.